The molecule has 0 radical (unpaired) electrons. The maximum atomic E-state index is 12.6. The Morgan fingerprint density at radius 2 is 1.85 bits per heavy atom. The minimum atomic E-state index is -0.613. The lowest BCUT2D eigenvalue weighted by atomic mass is 9.97. The highest BCUT2D eigenvalue weighted by molar-refractivity contribution is 6.15. The molecule has 0 saturated carbocycles. The molecule has 0 N–H and O–H groups in total. The van der Waals surface area contributed by atoms with E-state index in [-0.39, 0.29) is 17.5 Å². The van der Waals surface area contributed by atoms with Gasteiger partial charge in [0.2, 0.25) is 5.78 Å². The second-order valence-electron chi connectivity index (χ2n) is 7.56. The van der Waals surface area contributed by atoms with Gasteiger partial charge >= 0.3 is 5.97 Å². The molecule has 0 aromatic heterocycles. The summed E-state index contributed by atoms with van der Waals surface area (Å²) in [4.78, 5) is 24.8. The van der Waals surface area contributed by atoms with E-state index < -0.39 is 5.41 Å². The average Bonchev–Trinajstić information content (AvgIpc) is 2.86. The van der Waals surface area contributed by atoms with Crippen LogP contribution in [0.2, 0.25) is 0 Å². The van der Waals surface area contributed by atoms with E-state index in [1.807, 2.05) is 31.2 Å². The van der Waals surface area contributed by atoms with Crippen LogP contribution in [0.15, 0.2) is 42.2 Å². The number of benzene rings is 2. The van der Waals surface area contributed by atoms with Gasteiger partial charge in [-0.2, -0.15) is 0 Å². The zero-order valence-corrected chi connectivity index (χ0v) is 15.7. The fourth-order valence-corrected chi connectivity index (χ4v) is 2.64. The van der Waals surface area contributed by atoms with E-state index in [1.54, 1.807) is 45.9 Å². The molecule has 26 heavy (non-hydrogen) atoms. The minimum Gasteiger partial charge on any atom is -0.452 e. The third-order valence-corrected chi connectivity index (χ3v) is 4.19. The van der Waals surface area contributed by atoms with E-state index in [0.717, 1.165) is 11.1 Å². The van der Waals surface area contributed by atoms with Crippen LogP contribution in [0.1, 0.15) is 47.8 Å². The van der Waals surface area contributed by atoms with E-state index in [2.05, 4.69) is 0 Å². The Balaban J connectivity index is 1.93. The summed E-state index contributed by atoms with van der Waals surface area (Å²) in [6.07, 6.45) is 1.73. The number of fused-ring (bicyclic) bond motifs is 1. The normalized spacial score (nSPS) is 15.0. The summed E-state index contributed by atoms with van der Waals surface area (Å²) in [7, 11) is 0. The topological polar surface area (TPSA) is 52.6 Å². The molecule has 2 aromatic carbocycles. The van der Waals surface area contributed by atoms with Gasteiger partial charge in [0.25, 0.3) is 0 Å². The number of hydrogen-bond acceptors (Lipinski definition) is 4. The fourth-order valence-electron chi connectivity index (χ4n) is 2.64. The Hall–Kier alpha value is -2.88. The van der Waals surface area contributed by atoms with Crippen molar-refractivity contribution in [1.29, 1.82) is 0 Å². The lowest BCUT2D eigenvalue weighted by molar-refractivity contribution is -0.143. The number of allylic oxidation sites excluding steroid dienone is 1. The summed E-state index contributed by atoms with van der Waals surface area (Å²) >= 11 is 0. The smallest absolute Gasteiger partial charge is 0.316 e. The first-order chi connectivity index (χ1) is 12.2. The van der Waals surface area contributed by atoms with Crippen LogP contribution in [-0.2, 0) is 4.79 Å². The van der Waals surface area contributed by atoms with Crippen molar-refractivity contribution in [2.24, 2.45) is 5.41 Å². The molecule has 3 rings (SSSR count). The molecule has 0 spiro atoms. The molecule has 0 bridgehead atoms. The largest absolute Gasteiger partial charge is 0.452 e. The monoisotopic (exact) mass is 350 g/mol. The lowest BCUT2D eigenvalue weighted by Gasteiger charge is -2.17. The van der Waals surface area contributed by atoms with Crippen LogP contribution in [0, 0.1) is 19.3 Å². The van der Waals surface area contributed by atoms with Crippen molar-refractivity contribution in [3.8, 4) is 11.5 Å². The van der Waals surface area contributed by atoms with Gasteiger partial charge in [-0.25, -0.2) is 0 Å². The predicted octanol–water partition coefficient (Wildman–Crippen LogP) is 4.87. The lowest BCUT2D eigenvalue weighted by Crippen LogP contribution is -2.25. The first-order valence-corrected chi connectivity index (χ1v) is 8.53. The van der Waals surface area contributed by atoms with Gasteiger partial charge in [-0.3, -0.25) is 9.59 Å². The number of aryl methyl sites for hydroxylation is 1. The summed E-state index contributed by atoms with van der Waals surface area (Å²) in [5.74, 6) is 0.632. The second-order valence-corrected chi connectivity index (χ2v) is 7.56. The van der Waals surface area contributed by atoms with Gasteiger partial charge in [0.05, 0.1) is 11.0 Å². The molecule has 1 heterocycles. The van der Waals surface area contributed by atoms with Crippen molar-refractivity contribution in [3.63, 3.8) is 0 Å². The van der Waals surface area contributed by atoms with Crippen molar-refractivity contribution in [2.75, 3.05) is 0 Å². The molecule has 4 heteroatoms. The van der Waals surface area contributed by atoms with Crippen LogP contribution in [0.4, 0.5) is 0 Å². The Morgan fingerprint density at radius 1 is 1.12 bits per heavy atom. The van der Waals surface area contributed by atoms with Gasteiger partial charge in [0.1, 0.15) is 11.5 Å². The molecule has 2 aromatic rings. The molecule has 0 unspecified atom stereocenters. The van der Waals surface area contributed by atoms with Crippen LogP contribution < -0.4 is 9.47 Å². The second kappa shape index (κ2) is 6.45. The fraction of sp³-hybridized carbons (Fsp3) is 0.273. The SMILES string of the molecule is Cc1cccc(/C=C2\Oc3c(ccc(OC(=O)C(C)(C)C)c3C)C2=O)c1. The maximum Gasteiger partial charge on any atom is 0.316 e. The van der Waals surface area contributed by atoms with E-state index in [9.17, 15) is 9.59 Å². The highest BCUT2D eigenvalue weighted by Crippen LogP contribution is 2.39. The number of hydrogen-bond donors (Lipinski definition) is 0. The zero-order chi connectivity index (χ0) is 19.1. The Bertz CT molecular complexity index is 930. The molecule has 4 nitrogen and oxygen atoms in total. The maximum absolute atomic E-state index is 12.6. The van der Waals surface area contributed by atoms with Crippen molar-refractivity contribution in [2.45, 2.75) is 34.6 Å². The molecular formula is C22H22O4. The van der Waals surface area contributed by atoms with Gasteiger partial charge in [0, 0.05) is 5.56 Å². The van der Waals surface area contributed by atoms with E-state index >= 15 is 0 Å². The average molecular weight is 350 g/mol. The minimum absolute atomic E-state index is 0.168. The van der Waals surface area contributed by atoms with E-state index in [4.69, 9.17) is 9.47 Å². The molecular weight excluding hydrogens is 328 g/mol. The third kappa shape index (κ3) is 3.40. The molecule has 134 valence electrons. The van der Waals surface area contributed by atoms with Gasteiger partial charge in [-0.05, 0) is 58.4 Å². The third-order valence-electron chi connectivity index (χ3n) is 4.19. The summed E-state index contributed by atoms with van der Waals surface area (Å²) in [5.41, 5.74) is 2.52. The summed E-state index contributed by atoms with van der Waals surface area (Å²) < 4.78 is 11.3. The molecule has 0 fully saturated rings. The summed E-state index contributed by atoms with van der Waals surface area (Å²) in [5, 5.41) is 0. The summed E-state index contributed by atoms with van der Waals surface area (Å²) in [6.45, 7) is 9.16. The number of carbonyl (C=O) groups is 2. The number of ketones is 1. The van der Waals surface area contributed by atoms with Crippen LogP contribution in [0.3, 0.4) is 0 Å². The molecule has 0 aliphatic carbocycles. The van der Waals surface area contributed by atoms with Gasteiger partial charge < -0.3 is 9.47 Å². The highest BCUT2D eigenvalue weighted by Gasteiger charge is 2.31. The molecule has 0 atom stereocenters. The summed E-state index contributed by atoms with van der Waals surface area (Å²) in [6, 6.07) is 11.1. The molecule has 0 amide bonds. The van der Waals surface area contributed by atoms with Crippen LogP contribution in [-0.4, -0.2) is 11.8 Å². The predicted molar refractivity (Wildman–Crippen MR) is 100 cm³/mol. The van der Waals surface area contributed by atoms with Gasteiger partial charge in [-0.1, -0.05) is 29.8 Å². The van der Waals surface area contributed by atoms with Crippen molar-refractivity contribution in [1.82, 2.24) is 0 Å². The number of Topliss-reactive ketones (excluding diaryl/α,β-unsaturated/α-hetero) is 1. The molecule has 0 saturated heterocycles. The van der Waals surface area contributed by atoms with Crippen molar-refractivity contribution >= 4 is 17.8 Å². The van der Waals surface area contributed by atoms with Gasteiger partial charge in [-0.15, -0.1) is 0 Å². The zero-order valence-electron chi connectivity index (χ0n) is 15.7. The van der Waals surface area contributed by atoms with Crippen LogP contribution in [0.5, 0.6) is 11.5 Å². The standard InChI is InChI=1S/C22H22O4/c1-13-7-6-8-15(11-13)12-18-19(23)16-9-10-17(14(2)20(16)25-18)26-21(24)22(3,4)5/h6-12H,1-5H3/b18-12-. The number of ether oxygens (including phenoxy) is 2. The van der Waals surface area contributed by atoms with Crippen molar-refractivity contribution < 1.29 is 19.1 Å². The number of esters is 1. The quantitative estimate of drug-likeness (QED) is 0.440. The Morgan fingerprint density at radius 3 is 2.50 bits per heavy atom. The number of carbonyl (C=O) groups excluding carboxylic acids is 2. The van der Waals surface area contributed by atoms with Crippen LogP contribution in [0.25, 0.3) is 6.08 Å². The van der Waals surface area contributed by atoms with Crippen molar-refractivity contribution in [3.05, 3.63) is 64.4 Å². The number of rotatable bonds is 2. The Labute approximate surface area is 153 Å². The van der Waals surface area contributed by atoms with Crippen LogP contribution >= 0.6 is 0 Å². The first-order valence-electron chi connectivity index (χ1n) is 8.53. The van der Waals surface area contributed by atoms with E-state index in [0.29, 0.717) is 22.6 Å². The first kappa shape index (κ1) is 17.9. The van der Waals surface area contributed by atoms with E-state index in [1.165, 1.54) is 0 Å². The Kier molecular flexibility index (Phi) is 4.45. The molecule has 1 aliphatic rings. The van der Waals surface area contributed by atoms with Gasteiger partial charge in [0.15, 0.2) is 5.76 Å². The molecule has 1 aliphatic heterocycles. The highest BCUT2D eigenvalue weighted by atomic mass is 16.5.